The zero-order valence-corrected chi connectivity index (χ0v) is 8.72. The summed E-state index contributed by atoms with van der Waals surface area (Å²) in [5, 5.41) is 0. The fraction of sp³-hybridized carbons (Fsp3) is 0.545. The van der Waals surface area contributed by atoms with Gasteiger partial charge in [-0.05, 0) is 20.8 Å². The molecule has 1 aliphatic heterocycles. The van der Waals surface area contributed by atoms with Gasteiger partial charge in [-0.25, -0.2) is 4.79 Å². The molecule has 1 rings (SSSR count). The SMILES string of the molecule is C#CC1(C)CC(C(=O)OCC)=C(C)O1. The number of carbonyl (C=O) groups excluding carboxylic acids is 1. The number of carbonyl (C=O) groups is 1. The van der Waals surface area contributed by atoms with Gasteiger partial charge in [0.2, 0.25) is 0 Å². The third kappa shape index (κ3) is 1.90. The largest absolute Gasteiger partial charge is 0.479 e. The van der Waals surface area contributed by atoms with Gasteiger partial charge < -0.3 is 9.47 Å². The number of ether oxygens (including phenoxy) is 2. The summed E-state index contributed by atoms with van der Waals surface area (Å²) < 4.78 is 10.3. The van der Waals surface area contributed by atoms with E-state index >= 15 is 0 Å². The summed E-state index contributed by atoms with van der Waals surface area (Å²) in [7, 11) is 0. The van der Waals surface area contributed by atoms with Crippen LogP contribution in [-0.2, 0) is 14.3 Å². The molecule has 0 aromatic carbocycles. The van der Waals surface area contributed by atoms with E-state index in [-0.39, 0.29) is 5.97 Å². The van der Waals surface area contributed by atoms with Crippen LogP contribution < -0.4 is 0 Å². The summed E-state index contributed by atoms with van der Waals surface area (Å²) in [5.41, 5.74) is -0.140. The van der Waals surface area contributed by atoms with Gasteiger partial charge in [0.1, 0.15) is 5.76 Å². The normalized spacial score (nSPS) is 25.6. The first-order valence-electron chi connectivity index (χ1n) is 4.56. The Bertz CT molecular complexity index is 322. The van der Waals surface area contributed by atoms with Crippen molar-refractivity contribution in [2.45, 2.75) is 32.8 Å². The summed E-state index contributed by atoms with van der Waals surface area (Å²) in [4.78, 5) is 11.4. The lowest BCUT2D eigenvalue weighted by atomic mass is 10.00. The molecule has 1 atom stereocenters. The fourth-order valence-electron chi connectivity index (χ4n) is 1.41. The van der Waals surface area contributed by atoms with Gasteiger partial charge in [-0.15, -0.1) is 6.42 Å². The molecule has 0 bridgehead atoms. The van der Waals surface area contributed by atoms with Crippen molar-refractivity contribution in [1.29, 1.82) is 0 Å². The van der Waals surface area contributed by atoms with Crippen molar-refractivity contribution in [3.63, 3.8) is 0 Å². The van der Waals surface area contributed by atoms with Crippen LogP contribution in [0.2, 0.25) is 0 Å². The summed E-state index contributed by atoms with van der Waals surface area (Å²) in [5.74, 6) is 2.77. The van der Waals surface area contributed by atoms with Crippen LogP contribution in [0.15, 0.2) is 11.3 Å². The first-order chi connectivity index (χ1) is 6.52. The maximum atomic E-state index is 11.4. The van der Waals surface area contributed by atoms with Gasteiger partial charge in [-0.3, -0.25) is 0 Å². The Labute approximate surface area is 84.1 Å². The predicted octanol–water partition coefficient (Wildman–Crippen LogP) is 1.64. The Kier molecular flexibility index (Phi) is 2.85. The monoisotopic (exact) mass is 194 g/mol. The smallest absolute Gasteiger partial charge is 0.337 e. The van der Waals surface area contributed by atoms with Gasteiger partial charge in [0.15, 0.2) is 5.60 Å². The van der Waals surface area contributed by atoms with Crippen LogP contribution in [0.4, 0.5) is 0 Å². The highest BCUT2D eigenvalue weighted by atomic mass is 16.5. The number of hydrogen-bond acceptors (Lipinski definition) is 3. The number of hydrogen-bond donors (Lipinski definition) is 0. The van der Waals surface area contributed by atoms with Crippen molar-refractivity contribution in [3.8, 4) is 12.3 Å². The molecule has 0 radical (unpaired) electrons. The van der Waals surface area contributed by atoms with E-state index in [2.05, 4.69) is 5.92 Å². The highest BCUT2D eigenvalue weighted by molar-refractivity contribution is 5.89. The molecule has 0 saturated heterocycles. The summed E-state index contributed by atoms with van der Waals surface area (Å²) in [6, 6.07) is 0. The lowest BCUT2D eigenvalue weighted by Crippen LogP contribution is -2.21. The first kappa shape index (κ1) is 10.6. The van der Waals surface area contributed by atoms with Crippen molar-refractivity contribution < 1.29 is 14.3 Å². The molecule has 0 fully saturated rings. The van der Waals surface area contributed by atoms with Crippen molar-refractivity contribution in [2.24, 2.45) is 0 Å². The molecule has 1 unspecified atom stereocenters. The second kappa shape index (κ2) is 3.75. The molecule has 0 saturated carbocycles. The quantitative estimate of drug-likeness (QED) is 0.495. The number of allylic oxidation sites excluding steroid dienone is 1. The van der Waals surface area contributed by atoms with Crippen LogP contribution in [0.25, 0.3) is 0 Å². The second-order valence-corrected chi connectivity index (χ2v) is 3.41. The third-order valence-electron chi connectivity index (χ3n) is 2.14. The zero-order valence-electron chi connectivity index (χ0n) is 8.72. The van der Waals surface area contributed by atoms with Crippen molar-refractivity contribution in [3.05, 3.63) is 11.3 Å². The van der Waals surface area contributed by atoms with Crippen LogP contribution in [0.3, 0.4) is 0 Å². The van der Waals surface area contributed by atoms with Gasteiger partial charge >= 0.3 is 5.97 Å². The second-order valence-electron chi connectivity index (χ2n) is 3.41. The maximum Gasteiger partial charge on any atom is 0.337 e. The van der Waals surface area contributed by atoms with Gasteiger partial charge in [0.25, 0.3) is 0 Å². The van der Waals surface area contributed by atoms with E-state index < -0.39 is 5.60 Å². The lowest BCUT2D eigenvalue weighted by molar-refractivity contribution is -0.138. The van der Waals surface area contributed by atoms with Crippen molar-refractivity contribution in [1.82, 2.24) is 0 Å². The van der Waals surface area contributed by atoms with Crippen LogP contribution in [-0.4, -0.2) is 18.2 Å². The minimum absolute atomic E-state index is 0.330. The third-order valence-corrected chi connectivity index (χ3v) is 2.14. The molecule has 0 spiro atoms. The number of terminal acetylenes is 1. The molecule has 0 N–H and O–H groups in total. The molecule has 0 aromatic rings. The molecule has 1 heterocycles. The van der Waals surface area contributed by atoms with Gasteiger partial charge in [0.05, 0.1) is 12.2 Å². The van der Waals surface area contributed by atoms with E-state index in [0.29, 0.717) is 24.4 Å². The first-order valence-corrected chi connectivity index (χ1v) is 4.56. The Balaban J connectivity index is 2.78. The lowest BCUT2D eigenvalue weighted by Gasteiger charge is -2.16. The van der Waals surface area contributed by atoms with E-state index in [1.165, 1.54) is 0 Å². The van der Waals surface area contributed by atoms with Crippen LogP contribution >= 0.6 is 0 Å². The van der Waals surface area contributed by atoms with Gasteiger partial charge in [0, 0.05) is 6.42 Å². The van der Waals surface area contributed by atoms with E-state index in [0.717, 1.165) is 0 Å². The van der Waals surface area contributed by atoms with Crippen LogP contribution in [0.1, 0.15) is 27.2 Å². The zero-order chi connectivity index (χ0) is 10.8. The molecule has 3 heteroatoms. The molecule has 76 valence electrons. The van der Waals surface area contributed by atoms with E-state index in [4.69, 9.17) is 15.9 Å². The topological polar surface area (TPSA) is 35.5 Å². The minimum atomic E-state index is -0.688. The summed E-state index contributed by atoms with van der Waals surface area (Å²) in [6.45, 7) is 5.64. The highest BCUT2D eigenvalue weighted by Crippen LogP contribution is 2.33. The molecule has 0 amide bonds. The molecule has 0 aromatic heterocycles. The predicted molar refractivity (Wildman–Crippen MR) is 52.3 cm³/mol. The fourth-order valence-corrected chi connectivity index (χ4v) is 1.41. The van der Waals surface area contributed by atoms with Crippen molar-refractivity contribution >= 4 is 5.97 Å². The summed E-state index contributed by atoms with van der Waals surface area (Å²) in [6.07, 6.45) is 5.74. The van der Waals surface area contributed by atoms with E-state index in [9.17, 15) is 4.79 Å². The maximum absolute atomic E-state index is 11.4. The van der Waals surface area contributed by atoms with Crippen molar-refractivity contribution in [2.75, 3.05) is 6.61 Å². The Hall–Kier alpha value is -1.43. The molecular weight excluding hydrogens is 180 g/mol. The molecule has 3 nitrogen and oxygen atoms in total. The average molecular weight is 194 g/mol. The van der Waals surface area contributed by atoms with Gasteiger partial charge in [-0.1, -0.05) is 5.92 Å². The minimum Gasteiger partial charge on any atom is -0.479 e. The highest BCUT2D eigenvalue weighted by Gasteiger charge is 2.36. The standard InChI is InChI=1S/C11H14O3/c1-5-11(4)7-9(8(3)14-11)10(12)13-6-2/h1H,6-7H2,2-4H3. The average Bonchev–Trinajstić information content (AvgIpc) is 2.43. The van der Waals surface area contributed by atoms with Crippen LogP contribution in [0, 0.1) is 12.3 Å². The van der Waals surface area contributed by atoms with Gasteiger partial charge in [-0.2, -0.15) is 0 Å². The Morgan fingerprint density at radius 2 is 2.43 bits per heavy atom. The molecular formula is C11H14O3. The molecule has 14 heavy (non-hydrogen) atoms. The Morgan fingerprint density at radius 1 is 1.79 bits per heavy atom. The van der Waals surface area contributed by atoms with E-state index in [1.54, 1.807) is 20.8 Å². The summed E-state index contributed by atoms with van der Waals surface area (Å²) >= 11 is 0. The number of rotatable bonds is 2. The molecule has 0 aliphatic carbocycles. The number of esters is 1. The molecule has 1 aliphatic rings. The van der Waals surface area contributed by atoms with Crippen LogP contribution in [0.5, 0.6) is 0 Å². The Morgan fingerprint density at radius 3 is 2.86 bits per heavy atom. The van der Waals surface area contributed by atoms with E-state index in [1.807, 2.05) is 0 Å².